The summed E-state index contributed by atoms with van der Waals surface area (Å²) >= 11 is 6.48. The Balaban J connectivity index is 1.97. The lowest BCUT2D eigenvalue weighted by Gasteiger charge is -2.24. The third kappa shape index (κ3) is 3.41. The zero-order valence-corrected chi connectivity index (χ0v) is 16.4. The van der Waals surface area contributed by atoms with Gasteiger partial charge < -0.3 is 9.67 Å². The van der Waals surface area contributed by atoms with Crippen LogP contribution in [0.5, 0.6) is 0 Å². The maximum absolute atomic E-state index is 12.9. The maximum Gasteiger partial charge on any atom is 0.326 e. The molecule has 5 nitrogen and oxygen atoms in total. The van der Waals surface area contributed by atoms with Gasteiger partial charge in [0.25, 0.3) is 5.91 Å². The van der Waals surface area contributed by atoms with Gasteiger partial charge in [0.15, 0.2) is 0 Å². The highest BCUT2D eigenvalue weighted by molar-refractivity contribution is 8.26. The second-order valence-electron chi connectivity index (χ2n) is 6.75. The summed E-state index contributed by atoms with van der Waals surface area (Å²) in [5.74, 6) is -1.22. The topological polar surface area (TPSA) is 62.5 Å². The van der Waals surface area contributed by atoms with Crippen LogP contribution >= 0.6 is 24.0 Å². The highest BCUT2D eigenvalue weighted by Crippen LogP contribution is 2.36. The lowest BCUT2D eigenvalue weighted by atomic mass is 10.0. The number of carboxylic acids is 1. The molecule has 0 unspecified atom stereocenters. The lowest BCUT2D eigenvalue weighted by Crippen LogP contribution is -2.44. The summed E-state index contributed by atoms with van der Waals surface area (Å²) in [5.41, 5.74) is 1.98. The van der Waals surface area contributed by atoms with Crippen LogP contribution in [-0.4, -0.2) is 36.8 Å². The molecule has 0 bridgehead atoms. The zero-order chi connectivity index (χ0) is 19.0. The quantitative estimate of drug-likeness (QED) is 0.622. The first-order valence-electron chi connectivity index (χ1n) is 8.33. The highest BCUT2D eigenvalue weighted by Gasteiger charge is 2.40. The third-order valence-electron chi connectivity index (χ3n) is 4.33. The normalized spacial score (nSPS) is 17.7. The van der Waals surface area contributed by atoms with Crippen LogP contribution in [0, 0.1) is 5.92 Å². The Hall–Kier alpha value is -2.12. The minimum Gasteiger partial charge on any atom is -0.480 e. The molecule has 1 atom stereocenters. The van der Waals surface area contributed by atoms with Crippen molar-refractivity contribution in [2.75, 3.05) is 0 Å². The predicted octanol–water partition coefficient (Wildman–Crippen LogP) is 3.88. The summed E-state index contributed by atoms with van der Waals surface area (Å²) in [6.07, 6.45) is 4.12. The van der Waals surface area contributed by atoms with E-state index in [4.69, 9.17) is 12.2 Å². The molecular weight excluding hydrogens is 368 g/mol. The average Bonchev–Trinajstić information content (AvgIpc) is 3.03. The van der Waals surface area contributed by atoms with Crippen LogP contribution in [0.25, 0.3) is 17.0 Å². The molecule has 2 aromatic rings. The SMILES string of the molecule is CC(C)C[C@@H](C(=O)O)N1C(=O)/C(=C/c2cn(C)c3ccccc23)SC1=S. The number of benzene rings is 1. The molecule has 1 saturated heterocycles. The minimum absolute atomic E-state index is 0.141. The number of carbonyl (C=O) groups is 2. The van der Waals surface area contributed by atoms with Crippen molar-refractivity contribution in [3.8, 4) is 0 Å². The van der Waals surface area contributed by atoms with Crippen LogP contribution < -0.4 is 0 Å². The molecular formula is C19H20N2O3S2. The summed E-state index contributed by atoms with van der Waals surface area (Å²) in [6.45, 7) is 3.86. The van der Waals surface area contributed by atoms with E-state index in [1.807, 2.05) is 55.9 Å². The maximum atomic E-state index is 12.9. The number of fused-ring (bicyclic) bond motifs is 1. The van der Waals surface area contributed by atoms with E-state index in [0.29, 0.717) is 15.6 Å². The van der Waals surface area contributed by atoms with Crippen molar-refractivity contribution in [1.29, 1.82) is 0 Å². The molecule has 1 aromatic carbocycles. The fourth-order valence-electron chi connectivity index (χ4n) is 3.14. The molecule has 1 aromatic heterocycles. The van der Waals surface area contributed by atoms with Crippen molar-refractivity contribution in [1.82, 2.24) is 9.47 Å². The van der Waals surface area contributed by atoms with Crippen molar-refractivity contribution in [2.24, 2.45) is 13.0 Å². The van der Waals surface area contributed by atoms with Crippen LogP contribution in [0.4, 0.5) is 0 Å². The highest BCUT2D eigenvalue weighted by atomic mass is 32.2. The van der Waals surface area contributed by atoms with Crippen molar-refractivity contribution in [2.45, 2.75) is 26.3 Å². The first kappa shape index (κ1) is 18.7. The molecule has 2 heterocycles. The number of rotatable bonds is 5. The monoisotopic (exact) mass is 388 g/mol. The second kappa shape index (κ2) is 7.25. The summed E-state index contributed by atoms with van der Waals surface area (Å²) in [4.78, 5) is 26.2. The predicted molar refractivity (Wildman–Crippen MR) is 109 cm³/mol. The van der Waals surface area contributed by atoms with Crippen LogP contribution in [0.3, 0.4) is 0 Å². The molecule has 0 aliphatic carbocycles. The van der Waals surface area contributed by atoms with Crippen molar-refractivity contribution >= 4 is 57.2 Å². The van der Waals surface area contributed by atoms with Gasteiger partial charge in [0.05, 0.1) is 4.91 Å². The Morgan fingerprint density at radius 2 is 2.04 bits per heavy atom. The van der Waals surface area contributed by atoms with E-state index in [1.54, 1.807) is 6.08 Å². The van der Waals surface area contributed by atoms with Gasteiger partial charge in [-0.3, -0.25) is 9.69 Å². The van der Waals surface area contributed by atoms with Gasteiger partial charge in [-0.1, -0.05) is 56.0 Å². The van der Waals surface area contributed by atoms with Gasteiger partial charge in [0, 0.05) is 29.7 Å². The molecule has 0 saturated carbocycles. The molecule has 1 aliphatic rings. The van der Waals surface area contributed by atoms with Gasteiger partial charge in [0.2, 0.25) is 0 Å². The molecule has 1 N–H and O–H groups in total. The molecule has 1 aliphatic heterocycles. The fraction of sp³-hybridized carbons (Fsp3) is 0.316. The molecule has 1 amide bonds. The molecule has 0 spiro atoms. The van der Waals surface area contributed by atoms with Gasteiger partial charge >= 0.3 is 5.97 Å². The third-order valence-corrected chi connectivity index (χ3v) is 5.66. The first-order chi connectivity index (χ1) is 12.3. The average molecular weight is 389 g/mol. The second-order valence-corrected chi connectivity index (χ2v) is 8.42. The Morgan fingerprint density at radius 1 is 1.35 bits per heavy atom. The summed E-state index contributed by atoms with van der Waals surface area (Å²) in [6, 6.07) is 7.01. The molecule has 1 fully saturated rings. The number of para-hydroxylation sites is 1. The number of carboxylic acid groups (broad SMARTS) is 1. The summed E-state index contributed by atoms with van der Waals surface area (Å²) < 4.78 is 2.30. The fourth-order valence-corrected chi connectivity index (χ4v) is 4.49. The number of carbonyl (C=O) groups excluding carboxylic acids is 1. The van der Waals surface area contributed by atoms with Crippen LogP contribution in [-0.2, 0) is 16.6 Å². The van der Waals surface area contributed by atoms with E-state index in [0.717, 1.165) is 28.2 Å². The molecule has 0 radical (unpaired) electrons. The number of thioether (sulfide) groups is 1. The zero-order valence-electron chi connectivity index (χ0n) is 14.8. The largest absolute Gasteiger partial charge is 0.480 e. The van der Waals surface area contributed by atoms with E-state index in [2.05, 4.69) is 0 Å². The van der Waals surface area contributed by atoms with Gasteiger partial charge in [-0.2, -0.15) is 0 Å². The van der Waals surface area contributed by atoms with Gasteiger partial charge in [-0.05, 0) is 24.5 Å². The van der Waals surface area contributed by atoms with E-state index in [9.17, 15) is 14.7 Å². The van der Waals surface area contributed by atoms with Crippen molar-refractivity contribution in [3.63, 3.8) is 0 Å². The van der Waals surface area contributed by atoms with Gasteiger partial charge in [-0.25, -0.2) is 4.79 Å². The smallest absolute Gasteiger partial charge is 0.326 e. The van der Waals surface area contributed by atoms with Gasteiger partial charge in [-0.15, -0.1) is 0 Å². The molecule has 3 rings (SSSR count). The van der Waals surface area contributed by atoms with Gasteiger partial charge in [0.1, 0.15) is 10.4 Å². The number of aryl methyl sites for hydroxylation is 1. The Kier molecular flexibility index (Phi) is 5.20. The lowest BCUT2D eigenvalue weighted by molar-refractivity contribution is -0.145. The van der Waals surface area contributed by atoms with E-state index < -0.39 is 12.0 Å². The number of nitrogens with zero attached hydrogens (tertiary/aromatic N) is 2. The summed E-state index contributed by atoms with van der Waals surface area (Å²) in [5, 5.41) is 10.6. The van der Waals surface area contributed by atoms with Crippen molar-refractivity contribution < 1.29 is 14.7 Å². The summed E-state index contributed by atoms with van der Waals surface area (Å²) in [7, 11) is 1.95. The van der Waals surface area contributed by atoms with E-state index in [-0.39, 0.29) is 11.8 Å². The first-order valence-corrected chi connectivity index (χ1v) is 9.56. The number of amides is 1. The minimum atomic E-state index is -1.03. The van der Waals surface area contributed by atoms with Crippen LogP contribution in [0.1, 0.15) is 25.8 Å². The number of aliphatic carboxylic acids is 1. The Bertz CT molecular complexity index is 930. The van der Waals surface area contributed by atoms with Crippen LogP contribution in [0.15, 0.2) is 35.4 Å². The Morgan fingerprint density at radius 3 is 2.69 bits per heavy atom. The molecule has 136 valence electrons. The van der Waals surface area contributed by atoms with E-state index >= 15 is 0 Å². The number of hydrogen-bond acceptors (Lipinski definition) is 4. The standard InChI is InChI=1S/C19H20N2O3S2/c1-11(2)8-15(18(23)24)21-17(22)16(26-19(21)25)9-12-10-20(3)14-7-5-4-6-13(12)14/h4-7,9-11,15H,8H2,1-3H3,(H,23,24)/b16-9-/t15-/m0/s1. The number of thiocarbonyl (C=S) groups is 1. The number of hydrogen-bond donors (Lipinski definition) is 1. The van der Waals surface area contributed by atoms with Crippen LogP contribution in [0.2, 0.25) is 0 Å². The Labute approximate surface area is 161 Å². The number of aromatic nitrogens is 1. The van der Waals surface area contributed by atoms with E-state index in [1.165, 1.54) is 4.90 Å². The van der Waals surface area contributed by atoms with Crippen molar-refractivity contribution in [3.05, 3.63) is 40.9 Å². The molecule has 7 heteroatoms. The molecule has 26 heavy (non-hydrogen) atoms.